The van der Waals surface area contributed by atoms with E-state index in [0.29, 0.717) is 17.9 Å². The minimum absolute atomic E-state index is 0.232. The van der Waals surface area contributed by atoms with Gasteiger partial charge in [-0.3, -0.25) is 9.80 Å². The minimum atomic E-state index is -0.422. The van der Waals surface area contributed by atoms with Gasteiger partial charge in [0.25, 0.3) is 5.56 Å². The first-order chi connectivity index (χ1) is 15.6. The average Bonchev–Trinajstić information content (AvgIpc) is 2.84. The average molecular weight is 426 g/mol. The number of benzene rings is 3. The molecule has 0 aliphatic rings. The van der Waals surface area contributed by atoms with Gasteiger partial charge in [0.1, 0.15) is 0 Å². The number of para-hydroxylation sites is 1. The highest BCUT2D eigenvalue weighted by Crippen LogP contribution is 2.24. The zero-order valence-electron chi connectivity index (χ0n) is 17.2. The molecule has 0 bridgehead atoms. The van der Waals surface area contributed by atoms with Gasteiger partial charge < -0.3 is 11.1 Å². The number of anilines is 3. The number of hydrazine groups is 1. The van der Waals surface area contributed by atoms with Crippen molar-refractivity contribution in [3.63, 3.8) is 0 Å². The fraction of sp³-hybridized carbons (Fsp3) is 0.0417. The Bertz CT molecular complexity index is 1260. The first-order valence-electron chi connectivity index (χ1n) is 10.0. The maximum absolute atomic E-state index is 12.8. The molecule has 1 aromatic heterocycles. The molecule has 0 saturated carbocycles. The summed E-state index contributed by atoms with van der Waals surface area (Å²) in [6.45, 7) is 0.397. The number of hydrogen-bond acceptors (Lipinski definition) is 5. The molecule has 0 aliphatic heterocycles. The second-order valence-electron chi connectivity index (χ2n) is 6.93. The van der Waals surface area contributed by atoms with Crippen LogP contribution in [0.1, 0.15) is 5.56 Å². The summed E-state index contributed by atoms with van der Waals surface area (Å²) in [5.41, 5.74) is 12.1. The number of nitrogens with one attached hydrogen (secondary N) is 2. The molecule has 3 aromatic carbocycles. The number of amides is 2. The van der Waals surface area contributed by atoms with Crippen LogP contribution in [-0.4, -0.2) is 15.8 Å². The van der Waals surface area contributed by atoms with Gasteiger partial charge in [0.15, 0.2) is 0 Å². The van der Waals surface area contributed by atoms with Crippen LogP contribution >= 0.6 is 0 Å². The monoisotopic (exact) mass is 426 g/mol. The topological polar surface area (TPSA) is 105 Å². The van der Waals surface area contributed by atoms with E-state index in [4.69, 9.17) is 5.73 Å². The lowest BCUT2D eigenvalue weighted by Crippen LogP contribution is -2.41. The number of nitrogens with two attached hydrogens (primary N) is 1. The Hall–Kier alpha value is -4.43. The molecule has 0 saturated heterocycles. The standard InChI is InChI=1S/C24H22N6O2/c25-17-18-6-4-9-22(16-18)29(20-7-2-1-3-8-20)28-24(32)27-19-11-13-21(14-12-19)30-23(31)10-5-15-26-30/h1-16H,17,25H2,(H2,27,28,32). The van der Waals surface area contributed by atoms with Crippen LogP contribution < -0.4 is 27.0 Å². The van der Waals surface area contributed by atoms with Crippen LogP contribution in [0.15, 0.2) is 102 Å². The molecule has 0 radical (unpaired) electrons. The Morgan fingerprint density at radius 3 is 2.38 bits per heavy atom. The van der Waals surface area contributed by atoms with E-state index < -0.39 is 6.03 Å². The maximum Gasteiger partial charge on any atom is 0.338 e. The van der Waals surface area contributed by atoms with E-state index in [1.165, 1.54) is 10.7 Å². The van der Waals surface area contributed by atoms with Gasteiger partial charge in [0, 0.05) is 24.5 Å². The van der Waals surface area contributed by atoms with Crippen molar-refractivity contribution in [2.45, 2.75) is 6.54 Å². The van der Waals surface area contributed by atoms with Crippen molar-refractivity contribution in [1.82, 2.24) is 15.2 Å². The van der Waals surface area contributed by atoms with Crippen molar-refractivity contribution in [2.75, 3.05) is 10.3 Å². The van der Waals surface area contributed by atoms with E-state index >= 15 is 0 Å². The second kappa shape index (κ2) is 9.59. The summed E-state index contributed by atoms with van der Waals surface area (Å²) in [7, 11) is 0. The predicted octanol–water partition coefficient (Wildman–Crippen LogP) is 3.57. The van der Waals surface area contributed by atoms with Gasteiger partial charge in [-0.1, -0.05) is 30.3 Å². The Labute approximate surface area is 184 Å². The lowest BCUT2D eigenvalue weighted by atomic mass is 10.2. The molecule has 1 heterocycles. The summed E-state index contributed by atoms with van der Waals surface area (Å²) in [6.07, 6.45) is 1.54. The van der Waals surface area contributed by atoms with E-state index in [0.717, 1.165) is 16.9 Å². The molecule has 4 N–H and O–H groups in total. The largest absolute Gasteiger partial charge is 0.338 e. The van der Waals surface area contributed by atoms with Crippen LogP contribution in [0.25, 0.3) is 5.69 Å². The molecular formula is C24H22N6O2. The quantitative estimate of drug-likeness (QED) is 0.409. The molecule has 8 heteroatoms. The summed E-state index contributed by atoms with van der Waals surface area (Å²) < 4.78 is 1.28. The Kier molecular flexibility index (Phi) is 6.24. The molecule has 0 atom stereocenters. The summed E-state index contributed by atoms with van der Waals surface area (Å²) in [6, 6.07) is 26.6. The molecule has 0 fully saturated rings. The van der Waals surface area contributed by atoms with Crippen LogP contribution in [0.3, 0.4) is 0 Å². The first-order valence-corrected chi connectivity index (χ1v) is 10.0. The molecule has 2 amide bonds. The van der Waals surface area contributed by atoms with Crippen molar-refractivity contribution in [3.8, 4) is 5.69 Å². The van der Waals surface area contributed by atoms with Gasteiger partial charge in [-0.05, 0) is 60.2 Å². The van der Waals surface area contributed by atoms with Gasteiger partial charge in [-0.25, -0.2) is 10.2 Å². The summed E-state index contributed by atoms with van der Waals surface area (Å²) in [5.74, 6) is 0. The number of aromatic nitrogens is 2. The lowest BCUT2D eigenvalue weighted by Gasteiger charge is -2.26. The molecule has 4 rings (SSSR count). The second-order valence-corrected chi connectivity index (χ2v) is 6.93. The number of rotatable bonds is 6. The van der Waals surface area contributed by atoms with Crippen molar-refractivity contribution >= 4 is 23.1 Å². The van der Waals surface area contributed by atoms with E-state index in [2.05, 4.69) is 15.8 Å². The molecule has 0 unspecified atom stereocenters. The number of carbonyl (C=O) groups excluding carboxylic acids is 1. The van der Waals surface area contributed by atoms with E-state index in [9.17, 15) is 9.59 Å². The fourth-order valence-electron chi connectivity index (χ4n) is 3.18. The number of hydrogen-bond donors (Lipinski definition) is 3. The van der Waals surface area contributed by atoms with Crippen molar-refractivity contribution in [1.29, 1.82) is 0 Å². The summed E-state index contributed by atoms with van der Waals surface area (Å²) in [4.78, 5) is 24.7. The maximum atomic E-state index is 12.8. The molecular weight excluding hydrogens is 404 g/mol. The highest BCUT2D eigenvalue weighted by Gasteiger charge is 2.13. The van der Waals surface area contributed by atoms with Crippen molar-refractivity contribution < 1.29 is 4.79 Å². The Morgan fingerprint density at radius 2 is 1.66 bits per heavy atom. The molecule has 32 heavy (non-hydrogen) atoms. The summed E-state index contributed by atoms with van der Waals surface area (Å²) in [5, 5.41) is 8.55. The minimum Gasteiger partial charge on any atom is -0.326 e. The third kappa shape index (κ3) is 4.82. The molecule has 0 spiro atoms. The van der Waals surface area contributed by atoms with Gasteiger partial charge in [-0.2, -0.15) is 9.78 Å². The number of carbonyl (C=O) groups is 1. The third-order valence-corrected chi connectivity index (χ3v) is 4.72. The van der Waals surface area contributed by atoms with Crippen LogP contribution in [-0.2, 0) is 6.54 Å². The molecule has 160 valence electrons. The lowest BCUT2D eigenvalue weighted by molar-refractivity contribution is 0.252. The Balaban J connectivity index is 1.52. The zero-order valence-corrected chi connectivity index (χ0v) is 17.2. The third-order valence-electron chi connectivity index (χ3n) is 4.72. The van der Waals surface area contributed by atoms with E-state index in [1.807, 2.05) is 54.6 Å². The van der Waals surface area contributed by atoms with Crippen LogP contribution in [0, 0.1) is 0 Å². The molecule has 0 aliphatic carbocycles. The highest BCUT2D eigenvalue weighted by atomic mass is 16.2. The number of nitrogens with zero attached hydrogens (tertiary/aromatic N) is 3. The van der Waals surface area contributed by atoms with Crippen molar-refractivity contribution in [2.24, 2.45) is 5.73 Å². The zero-order chi connectivity index (χ0) is 22.3. The highest BCUT2D eigenvalue weighted by molar-refractivity contribution is 5.91. The SMILES string of the molecule is NCc1cccc(N(NC(=O)Nc2ccc(-n3ncccc3=O)cc2)c2ccccc2)c1. The van der Waals surface area contributed by atoms with E-state index in [1.54, 1.807) is 41.5 Å². The molecule has 4 aromatic rings. The Morgan fingerprint density at radius 1 is 0.906 bits per heavy atom. The predicted molar refractivity (Wildman–Crippen MR) is 125 cm³/mol. The van der Waals surface area contributed by atoms with E-state index in [-0.39, 0.29) is 5.56 Å². The summed E-state index contributed by atoms with van der Waals surface area (Å²) >= 11 is 0. The number of urea groups is 1. The van der Waals surface area contributed by atoms with Crippen LogP contribution in [0.2, 0.25) is 0 Å². The first kappa shape index (κ1) is 20.8. The van der Waals surface area contributed by atoms with Gasteiger partial charge in [-0.15, -0.1) is 0 Å². The van der Waals surface area contributed by atoms with Crippen molar-refractivity contribution in [3.05, 3.63) is 113 Å². The molecule has 8 nitrogen and oxygen atoms in total. The van der Waals surface area contributed by atoms with Crippen LogP contribution in [0.4, 0.5) is 21.9 Å². The fourth-order valence-corrected chi connectivity index (χ4v) is 3.18. The van der Waals surface area contributed by atoms with Gasteiger partial charge in [0.05, 0.1) is 17.1 Å². The van der Waals surface area contributed by atoms with Crippen LogP contribution in [0.5, 0.6) is 0 Å². The normalized spacial score (nSPS) is 10.4. The smallest absolute Gasteiger partial charge is 0.326 e. The van der Waals surface area contributed by atoms with Gasteiger partial charge in [0.2, 0.25) is 0 Å². The van der Waals surface area contributed by atoms with Gasteiger partial charge >= 0.3 is 6.03 Å².